The highest BCUT2D eigenvalue weighted by Crippen LogP contribution is 2.27. The number of pyridine rings is 1. The number of nitrogens with one attached hydrogen (secondary N) is 1. The molecule has 2 heterocycles. The van der Waals surface area contributed by atoms with Crippen molar-refractivity contribution in [3.63, 3.8) is 0 Å². The lowest BCUT2D eigenvalue weighted by Crippen LogP contribution is -2.41. The van der Waals surface area contributed by atoms with E-state index in [9.17, 15) is 0 Å². The van der Waals surface area contributed by atoms with Gasteiger partial charge in [-0.25, -0.2) is 4.98 Å². The van der Waals surface area contributed by atoms with Crippen LogP contribution in [0.4, 0.5) is 5.82 Å². The van der Waals surface area contributed by atoms with E-state index in [1.165, 1.54) is 12.8 Å². The van der Waals surface area contributed by atoms with Crippen LogP contribution in [0.5, 0.6) is 5.75 Å². The van der Waals surface area contributed by atoms with E-state index in [0.717, 1.165) is 37.7 Å². The highest BCUT2D eigenvalue weighted by molar-refractivity contribution is 5.52. The quantitative estimate of drug-likeness (QED) is 0.866. The van der Waals surface area contributed by atoms with Crippen molar-refractivity contribution in [2.45, 2.75) is 32.2 Å². The van der Waals surface area contributed by atoms with Crippen molar-refractivity contribution in [2.24, 2.45) is 0 Å². The molecule has 0 aliphatic carbocycles. The number of anilines is 1. The van der Waals surface area contributed by atoms with Crippen molar-refractivity contribution in [2.75, 3.05) is 31.6 Å². The summed E-state index contributed by atoms with van der Waals surface area (Å²) in [5, 5.41) is 3.39. The van der Waals surface area contributed by atoms with E-state index >= 15 is 0 Å². The molecule has 1 aliphatic rings. The summed E-state index contributed by atoms with van der Waals surface area (Å²) in [7, 11) is 2.12. The Bertz CT molecular complexity index is 364. The molecular formula is C14H23N3O. The van der Waals surface area contributed by atoms with Crippen LogP contribution in [0.3, 0.4) is 0 Å². The zero-order valence-electron chi connectivity index (χ0n) is 11.4. The molecule has 2 rings (SSSR count). The van der Waals surface area contributed by atoms with Gasteiger partial charge < -0.3 is 15.0 Å². The summed E-state index contributed by atoms with van der Waals surface area (Å²) in [5.74, 6) is 1.87. The molecule has 4 heteroatoms. The normalized spacial score (nSPS) is 16.6. The van der Waals surface area contributed by atoms with Crippen molar-refractivity contribution >= 4 is 5.82 Å². The standard InChI is InChI=1S/C14H23N3O/c1-3-11-18-13-5-4-8-16-14(13)17(2)12-6-9-15-10-7-12/h4-5,8,12,15H,3,6-7,9-11H2,1-2H3. The Balaban J connectivity index is 2.10. The van der Waals surface area contributed by atoms with Gasteiger partial charge in [0, 0.05) is 19.3 Å². The van der Waals surface area contributed by atoms with Crippen LogP contribution < -0.4 is 15.0 Å². The topological polar surface area (TPSA) is 37.4 Å². The van der Waals surface area contributed by atoms with Crippen molar-refractivity contribution in [1.29, 1.82) is 0 Å². The molecular weight excluding hydrogens is 226 g/mol. The third-order valence-electron chi connectivity index (χ3n) is 3.40. The van der Waals surface area contributed by atoms with Crippen LogP contribution in [0.1, 0.15) is 26.2 Å². The number of piperidine rings is 1. The second kappa shape index (κ2) is 6.59. The Morgan fingerprint density at radius 3 is 2.94 bits per heavy atom. The van der Waals surface area contributed by atoms with Gasteiger partial charge in [0.1, 0.15) is 0 Å². The summed E-state index contributed by atoms with van der Waals surface area (Å²) in [4.78, 5) is 6.76. The molecule has 1 N–H and O–H groups in total. The first-order valence-corrected chi connectivity index (χ1v) is 6.84. The van der Waals surface area contributed by atoms with E-state index in [-0.39, 0.29) is 0 Å². The van der Waals surface area contributed by atoms with Gasteiger partial charge >= 0.3 is 0 Å². The lowest BCUT2D eigenvalue weighted by atomic mass is 10.1. The minimum absolute atomic E-state index is 0.560. The third-order valence-corrected chi connectivity index (χ3v) is 3.40. The van der Waals surface area contributed by atoms with Crippen molar-refractivity contribution in [3.8, 4) is 5.75 Å². The van der Waals surface area contributed by atoms with Crippen molar-refractivity contribution in [3.05, 3.63) is 18.3 Å². The molecule has 1 saturated heterocycles. The van der Waals surface area contributed by atoms with Gasteiger partial charge in [-0.15, -0.1) is 0 Å². The fraction of sp³-hybridized carbons (Fsp3) is 0.643. The number of hydrogen-bond acceptors (Lipinski definition) is 4. The lowest BCUT2D eigenvalue weighted by molar-refractivity contribution is 0.315. The molecule has 1 fully saturated rings. The summed E-state index contributed by atoms with van der Waals surface area (Å²) >= 11 is 0. The van der Waals surface area contributed by atoms with Crippen LogP contribution in [0.15, 0.2) is 18.3 Å². The number of hydrogen-bond donors (Lipinski definition) is 1. The first-order valence-electron chi connectivity index (χ1n) is 6.84. The first kappa shape index (κ1) is 13.1. The Kier molecular flexibility index (Phi) is 4.81. The molecule has 0 atom stereocenters. The monoisotopic (exact) mass is 249 g/mol. The minimum Gasteiger partial charge on any atom is -0.490 e. The maximum Gasteiger partial charge on any atom is 0.171 e. The predicted octanol–water partition coefficient (Wildman–Crippen LogP) is 2.06. The maximum atomic E-state index is 5.78. The molecule has 1 aromatic heterocycles. The molecule has 0 aromatic carbocycles. The Morgan fingerprint density at radius 1 is 1.44 bits per heavy atom. The summed E-state index contributed by atoms with van der Waals surface area (Å²) in [6.45, 7) is 5.05. The van der Waals surface area contributed by atoms with E-state index in [0.29, 0.717) is 6.04 Å². The Labute approximate surface area is 109 Å². The van der Waals surface area contributed by atoms with Crippen LogP contribution in [0, 0.1) is 0 Å². The molecule has 0 radical (unpaired) electrons. The highest BCUT2D eigenvalue weighted by atomic mass is 16.5. The van der Waals surface area contributed by atoms with E-state index < -0.39 is 0 Å². The van der Waals surface area contributed by atoms with Gasteiger partial charge in [-0.3, -0.25) is 0 Å². The van der Waals surface area contributed by atoms with Gasteiger partial charge in [0.15, 0.2) is 11.6 Å². The molecule has 0 spiro atoms. The molecule has 1 aromatic rings. The van der Waals surface area contributed by atoms with Gasteiger partial charge in [0.05, 0.1) is 6.61 Å². The van der Waals surface area contributed by atoms with E-state index in [1.54, 1.807) is 0 Å². The zero-order chi connectivity index (χ0) is 12.8. The van der Waals surface area contributed by atoms with Gasteiger partial charge in [0.2, 0.25) is 0 Å². The summed E-state index contributed by atoms with van der Waals surface area (Å²) in [6, 6.07) is 4.51. The zero-order valence-corrected chi connectivity index (χ0v) is 11.4. The maximum absolute atomic E-state index is 5.78. The van der Waals surface area contributed by atoms with Gasteiger partial charge in [-0.05, 0) is 44.5 Å². The van der Waals surface area contributed by atoms with Gasteiger partial charge in [0.25, 0.3) is 0 Å². The third kappa shape index (κ3) is 3.13. The minimum atomic E-state index is 0.560. The van der Waals surface area contributed by atoms with Gasteiger partial charge in [-0.2, -0.15) is 0 Å². The SMILES string of the molecule is CCCOc1cccnc1N(C)C1CCNCC1. The Hall–Kier alpha value is -1.29. The molecule has 0 unspecified atom stereocenters. The first-order chi connectivity index (χ1) is 8.83. The van der Waals surface area contributed by atoms with Crippen LogP contribution in [0.2, 0.25) is 0 Å². The fourth-order valence-electron chi connectivity index (χ4n) is 2.34. The molecule has 18 heavy (non-hydrogen) atoms. The van der Waals surface area contributed by atoms with E-state index in [2.05, 4.69) is 29.2 Å². The fourth-order valence-corrected chi connectivity index (χ4v) is 2.34. The summed E-state index contributed by atoms with van der Waals surface area (Å²) in [6.07, 6.45) is 5.19. The second-order valence-electron chi connectivity index (χ2n) is 4.77. The molecule has 0 saturated carbocycles. The summed E-state index contributed by atoms with van der Waals surface area (Å²) < 4.78 is 5.78. The van der Waals surface area contributed by atoms with Gasteiger partial charge in [-0.1, -0.05) is 6.92 Å². The number of rotatable bonds is 5. The van der Waals surface area contributed by atoms with E-state index in [4.69, 9.17) is 4.74 Å². The molecule has 100 valence electrons. The largest absolute Gasteiger partial charge is 0.490 e. The summed E-state index contributed by atoms with van der Waals surface area (Å²) in [5.41, 5.74) is 0. The van der Waals surface area contributed by atoms with Crippen LogP contribution in [-0.2, 0) is 0 Å². The predicted molar refractivity (Wildman–Crippen MR) is 74.3 cm³/mol. The number of ether oxygens (including phenoxy) is 1. The smallest absolute Gasteiger partial charge is 0.171 e. The average molecular weight is 249 g/mol. The molecule has 0 bridgehead atoms. The van der Waals surface area contributed by atoms with Crippen molar-refractivity contribution < 1.29 is 4.74 Å². The highest BCUT2D eigenvalue weighted by Gasteiger charge is 2.21. The number of aromatic nitrogens is 1. The number of nitrogens with zero attached hydrogens (tertiary/aromatic N) is 2. The van der Waals surface area contributed by atoms with Crippen LogP contribution in [-0.4, -0.2) is 37.8 Å². The average Bonchev–Trinajstić information content (AvgIpc) is 2.45. The van der Waals surface area contributed by atoms with Crippen LogP contribution >= 0.6 is 0 Å². The second-order valence-corrected chi connectivity index (χ2v) is 4.77. The van der Waals surface area contributed by atoms with Crippen molar-refractivity contribution in [1.82, 2.24) is 10.3 Å². The molecule has 1 aliphatic heterocycles. The Morgan fingerprint density at radius 2 is 2.22 bits per heavy atom. The van der Waals surface area contributed by atoms with Crippen LogP contribution in [0.25, 0.3) is 0 Å². The lowest BCUT2D eigenvalue weighted by Gasteiger charge is -2.33. The molecule has 0 amide bonds. The molecule has 4 nitrogen and oxygen atoms in total. The van der Waals surface area contributed by atoms with E-state index in [1.807, 2.05) is 18.3 Å².